The molecule has 0 aliphatic carbocycles. The molecule has 2 aliphatic rings. The number of rotatable bonds is 3. The van der Waals surface area contributed by atoms with Crippen LogP contribution >= 0.6 is 0 Å². The Bertz CT molecular complexity index is 835. The lowest BCUT2D eigenvalue weighted by Gasteiger charge is -2.17. The van der Waals surface area contributed by atoms with Crippen LogP contribution in [0.4, 0.5) is 11.4 Å². The van der Waals surface area contributed by atoms with Crippen LogP contribution in [0.5, 0.6) is 0 Å². The van der Waals surface area contributed by atoms with E-state index in [1.165, 1.54) is 47.9 Å². The van der Waals surface area contributed by atoms with Gasteiger partial charge in [-0.05, 0) is 86.1 Å². The van der Waals surface area contributed by atoms with Crippen LogP contribution in [0.25, 0.3) is 11.1 Å². The first-order valence-electron chi connectivity index (χ1n) is 10.5. The molecule has 0 bridgehead atoms. The van der Waals surface area contributed by atoms with E-state index in [1.807, 2.05) is 0 Å². The summed E-state index contributed by atoms with van der Waals surface area (Å²) in [6.07, 6.45) is 6.99. The minimum absolute atomic E-state index is 0.950. The Morgan fingerprint density at radius 3 is 1.46 bits per heavy atom. The van der Waals surface area contributed by atoms with Gasteiger partial charge in [0.1, 0.15) is 11.7 Å². The second-order valence-corrected chi connectivity index (χ2v) is 7.88. The standard InChI is InChI=1S/C24H30N4/c1-17-15-19(9-11-21(17)27-23-7-3-5-13-25-23)20-10-12-22(18(2)16-20)28-24-8-4-6-14-26-24/h9-12,15-16H,3-8,13-14H2,1-2H3,(H,25,27)(H,26,28). The molecule has 2 aromatic rings. The van der Waals surface area contributed by atoms with Crippen molar-refractivity contribution in [3.8, 4) is 11.1 Å². The number of hydrogen-bond acceptors (Lipinski definition) is 4. The van der Waals surface area contributed by atoms with Gasteiger partial charge >= 0.3 is 0 Å². The maximum Gasteiger partial charge on any atom is 0.101 e. The Morgan fingerprint density at radius 1 is 0.643 bits per heavy atom. The summed E-state index contributed by atoms with van der Waals surface area (Å²) in [7, 11) is 0. The van der Waals surface area contributed by atoms with Gasteiger partial charge in [0.05, 0.1) is 0 Å². The van der Waals surface area contributed by atoms with E-state index in [2.05, 4.69) is 70.9 Å². The molecule has 28 heavy (non-hydrogen) atoms. The van der Waals surface area contributed by atoms with Gasteiger partial charge in [-0.1, -0.05) is 12.1 Å². The topological polar surface area (TPSA) is 48.8 Å². The summed E-state index contributed by atoms with van der Waals surface area (Å²) in [6.45, 7) is 6.23. The third-order valence-corrected chi connectivity index (χ3v) is 5.59. The highest BCUT2D eigenvalue weighted by molar-refractivity contribution is 5.97. The molecule has 4 heteroatoms. The third-order valence-electron chi connectivity index (χ3n) is 5.59. The van der Waals surface area contributed by atoms with Gasteiger partial charge in [0.2, 0.25) is 0 Å². The number of anilines is 2. The Kier molecular flexibility index (Phi) is 5.75. The average Bonchev–Trinajstić information content (AvgIpc) is 2.72. The van der Waals surface area contributed by atoms with Crippen LogP contribution in [0.3, 0.4) is 0 Å². The van der Waals surface area contributed by atoms with Crippen LogP contribution in [0.2, 0.25) is 0 Å². The second kappa shape index (κ2) is 8.59. The first-order valence-corrected chi connectivity index (χ1v) is 10.5. The second-order valence-electron chi connectivity index (χ2n) is 7.88. The lowest BCUT2D eigenvalue weighted by atomic mass is 9.99. The van der Waals surface area contributed by atoms with E-state index in [9.17, 15) is 0 Å². The molecule has 2 N–H and O–H groups in total. The summed E-state index contributed by atoms with van der Waals surface area (Å²) in [5.41, 5.74) is 7.32. The monoisotopic (exact) mass is 374 g/mol. The fourth-order valence-electron chi connectivity index (χ4n) is 3.88. The quantitative estimate of drug-likeness (QED) is 0.696. The van der Waals surface area contributed by atoms with Crippen LogP contribution in [-0.2, 0) is 0 Å². The molecule has 0 amide bonds. The molecular weight excluding hydrogens is 344 g/mol. The molecule has 2 aromatic carbocycles. The molecule has 0 spiro atoms. The summed E-state index contributed by atoms with van der Waals surface area (Å²) < 4.78 is 0. The summed E-state index contributed by atoms with van der Waals surface area (Å²) in [5, 5.41) is 7.04. The van der Waals surface area contributed by atoms with Gasteiger partial charge in [0.15, 0.2) is 0 Å². The average molecular weight is 375 g/mol. The van der Waals surface area contributed by atoms with E-state index in [-0.39, 0.29) is 0 Å². The van der Waals surface area contributed by atoms with Gasteiger partial charge in [0.25, 0.3) is 0 Å². The summed E-state index contributed by atoms with van der Waals surface area (Å²) in [5.74, 6) is 2.25. The van der Waals surface area contributed by atoms with Crippen molar-refractivity contribution in [3.63, 3.8) is 0 Å². The molecule has 4 nitrogen and oxygen atoms in total. The zero-order chi connectivity index (χ0) is 19.3. The van der Waals surface area contributed by atoms with Crippen LogP contribution in [0.1, 0.15) is 49.7 Å². The summed E-state index contributed by atoms with van der Waals surface area (Å²) in [6, 6.07) is 13.3. The molecule has 4 rings (SSSR count). The van der Waals surface area contributed by atoms with Crippen molar-refractivity contribution in [2.45, 2.75) is 52.4 Å². The van der Waals surface area contributed by atoms with Crippen LogP contribution < -0.4 is 10.6 Å². The maximum absolute atomic E-state index is 4.60. The van der Waals surface area contributed by atoms with Gasteiger partial charge in [-0.15, -0.1) is 0 Å². The minimum Gasteiger partial charge on any atom is -0.344 e. The zero-order valence-electron chi connectivity index (χ0n) is 17.0. The molecule has 2 aliphatic heterocycles. The highest BCUT2D eigenvalue weighted by Gasteiger charge is 2.10. The number of aliphatic imine (C=N–C) groups is 2. The van der Waals surface area contributed by atoms with Gasteiger partial charge in [-0.25, -0.2) is 0 Å². The highest BCUT2D eigenvalue weighted by Crippen LogP contribution is 2.29. The molecule has 0 saturated carbocycles. The lowest BCUT2D eigenvalue weighted by Crippen LogP contribution is -2.16. The Morgan fingerprint density at radius 2 is 1.11 bits per heavy atom. The highest BCUT2D eigenvalue weighted by atomic mass is 15.0. The molecule has 0 fully saturated rings. The van der Waals surface area contributed by atoms with Gasteiger partial charge in [0, 0.05) is 37.3 Å². The van der Waals surface area contributed by atoms with E-state index in [4.69, 9.17) is 0 Å². The predicted molar refractivity (Wildman–Crippen MR) is 121 cm³/mol. The molecular formula is C24H30N4. The fourth-order valence-corrected chi connectivity index (χ4v) is 3.88. The first-order chi connectivity index (χ1) is 13.7. The van der Waals surface area contributed by atoms with Crippen molar-refractivity contribution in [3.05, 3.63) is 47.5 Å². The largest absolute Gasteiger partial charge is 0.344 e. The van der Waals surface area contributed by atoms with E-state index in [0.717, 1.165) is 49.0 Å². The first kappa shape index (κ1) is 18.7. The number of benzene rings is 2. The summed E-state index contributed by atoms with van der Waals surface area (Å²) >= 11 is 0. The molecule has 0 saturated heterocycles. The SMILES string of the molecule is Cc1cc(-c2ccc(NC3=NCCCC3)c(C)c2)ccc1NC1=NCCCC1. The van der Waals surface area contributed by atoms with Crippen molar-refractivity contribution in [1.29, 1.82) is 0 Å². The molecule has 2 heterocycles. The number of nitrogens with zero attached hydrogens (tertiary/aromatic N) is 2. The van der Waals surface area contributed by atoms with E-state index < -0.39 is 0 Å². The number of nitrogens with one attached hydrogen (secondary N) is 2. The molecule has 146 valence electrons. The van der Waals surface area contributed by atoms with Crippen molar-refractivity contribution >= 4 is 23.0 Å². The van der Waals surface area contributed by atoms with E-state index in [1.54, 1.807) is 0 Å². The Hall–Kier alpha value is -2.62. The molecule has 0 radical (unpaired) electrons. The number of amidine groups is 2. The maximum atomic E-state index is 4.60. The molecule has 0 unspecified atom stereocenters. The lowest BCUT2D eigenvalue weighted by molar-refractivity contribution is 0.737. The van der Waals surface area contributed by atoms with Crippen molar-refractivity contribution in [2.24, 2.45) is 9.98 Å². The van der Waals surface area contributed by atoms with Crippen molar-refractivity contribution in [1.82, 2.24) is 0 Å². The van der Waals surface area contributed by atoms with Gasteiger partial charge in [-0.2, -0.15) is 0 Å². The third kappa shape index (κ3) is 4.44. The number of hydrogen-bond donors (Lipinski definition) is 2. The number of aryl methyl sites for hydroxylation is 2. The molecule has 0 atom stereocenters. The summed E-state index contributed by atoms with van der Waals surface area (Å²) in [4.78, 5) is 9.21. The Labute approximate surface area is 168 Å². The minimum atomic E-state index is 0.950. The smallest absolute Gasteiger partial charge is 0.101 e. The Balaban J connectivity index is 1.50. The van der Waals surface area contributed by atoms with Crippen LogP contribution in [0, 0.1) is 13.8 Å². The zero-order valence-corrected chi connectivity index (χ0v) is 17.0. The van der Waals surface area contributed by atoms with Crippen molar-refractivity contribution in [2.75, 3.05) is 23.7 Å². The van der Waals surface area contributed by atoms with Crippen LogP contribution in [-0.4, -0.2) is 24.8 Å². The van der Waals surface area contributed by atoms with Crippen LogP contribution in [0.15, 0.2) is 46.4 Å². The van der Waals surface area contributed by atoms with Gasteiger partial charge in [-0.3, -0.25) is 9.98 Å². The van der Waals surface area contributed by atoms with E-state index >= 15 is 0 Å². The fraction of sp³-hybridized carbons (Fsp3) is 0.417. The van der Waals surface area contributed by atoms with Crippen molar-refractivity contribution < 1.29 is 0 Å². The van der Waals surface area contributed by atoms with Gasteiger partial charge < -0.3 is 10.6 Å². The normalized spacial score (nSPS) is 16.9. The van der Waals surface area contributed by atoms with E-state index in [0.29, 0.717) is 0 Å². The molecule has 0 aromatic heterocycles. The predicted octanol–water partition coefficient (Wildman–Crippen LogP) is 5.96.